The van der Waals surface area contributed by atoms with Crippen LogP contribution in [0.1, 0.15) is 120 Å². The maximum atomic E-state index is 2.79. The molecule has 220 valence electrons. The fraction of sp³-hybridized carbons (Fsp3) is 0.556. The van der Waals surface area contributed by atoms with Crippen molar-refractivity contribution in [2.75, 3.05) is 12.3 Å². The van der Waals surface area contributed by atoms with Crippen LogP contribution in [-0.2, 0) is 23.2 Å². The molecule has 2 atom stereocenters. The number of halogens is 2. The summed E-state index contributed by atoms with van der Waals surface area (Å²) >= 11 is -0.834. The molecule has 41 heavy (non-hydrogen) atoms. The van der Waals surface area contributed by atoms with E-state index in [2.05, 4.69) is 74.5 Å². The number of hydrogen-bond acceptors (Lipinski definition) is 0. The van der Waals surface area contributed by atoms with E-state index in [1.807, 2.05) is 10.6 Å². The summed E-state index contributed by atoms with van der Waals surface area (Å²) in [5, 5.41) is 3.90. The summed E-state index contributed by atoms with van der Waals surface area (Å²) in [7, 11) is -0.0244. The van der Waals surface area contributed by atoms with Gasteiger partial charge < -0.3 is 24.8 Å². The quantitative estimate of drug-likeness (QED) is 0.278. The van der Waals surface area contributed by atoms with Crippen molar-refractivity contribution in [3.8, 4) is 0 Å². The Bertz CT molecular complexity index is 1160. The van der Waals surface area contributed by atoms with Crippen LogP contribution in [0.2, 0.25) is 0 Å². The Morgan fingerprint density at radius 2 is 1.05 bits per heavy atom. The minimum absolute atomic E-state index is 0. The van der Waals surface area contributed by atoms with Crippen LogP contribution in [0.15, 0.2) is 59.2 Å². The minimum atomic E-state index is -0.834. The Morgan fingerprint density at radius 3 is 1.54 bits per heavy atom. The third-order valence-corrected chi connectivity index (χ3v) is 22.3. The average Bonchev–Trinajstić information content (AvgIpc) is 3.53. The number of fused-ring (bicyclic) bond motifs is 2. The molecule has 2 saturated carbocycles. The van der Waals surface area contributed by atoms with Crippen molar-refractivity contribution in [2.24, 2.45) is 0 Å². The first kappa shape index (κ1) is 34.1. The predicted octanol–water partition coefficient (Wildman–Crippen LogP) is 5.72. The second-order valence-electron chi connectivity index (χ2n) is 12.4. The summed E-state index contributed by atoms with van der Waals surface area (Å²) in [6.45, 7) is 4.83. The van der Waals surface area contributed by atoms with Crippen LogP contribution in [-0.4, -0.2) is 23.6 Å². The molecule has 0 nitrogen and oxygen atoms in total. The molecule has 2 aromatic carbocycles. The molecule has 0 N–H and O–H groups in total. The molecule has 0 aliphatic heterocycles. The molecule has 0 heterocycles. The van der Waals surface area contributed by atoms with E-state index in [0.29, 0.717) is 0 Å². The van der Waals surface area contributed by atoms with Gasteiger partial charge in [0.15, 0.2) is 0 Å². The van der Waals surface area contributed by atoms with Gasteiger partial charge in [-0.2, -0.15) is 0 Å². The van der Waals surface area contributed by atoms with Gasteiger partial charge in [0.2, 0.25) is 0 Å². The van der Waals surface area contributed by atoms with Gasteiger partial charge in [-0.1, -0.05) is 0 Å². The smallest absolute Gasteiger partial charge is 1.00 e. The molecule has 0 bridgehead atoms. The van der Waals surface area contributed by atoms with E-state index < -0.39 is 23.2 Å². The molecule has 6 rings (SSSR count). The Morgan fingerprint density at radius 1 is 0.610 bits per heavy atom. The molecule has 2 unspecified atom stereocenters. The molecule has 0 radical (unpaired) electrons. The van der Waals surface area contributed by atoms with Gasteiger partial charge in [-0.05, 0) is 0 Å². The monoisotopic (exact) mass is 702 g/mol. The molecule has 2 aromatic rings. The SMILES string of the molecule is CCCP(CCC)C1=Cc2ccccc2[CH]1[Zr+2][CH]1C(P(C2CCCCC2)C2CCCCC2)=Cc2ccccc21.[Cl-].[Cl-]. The summed E-state index contributed by atoms with van der Waals surface area (Å²) in [6.07, 6.45) is 26.0. The van der Waals surface area contributed by atoms with Crippen molar-refractivity contribution < 1.29 is 48.0 Å². The van der Waals surface area contributed by atoms with E-state index in [4.69, 9.17) is 0 Å². The topological polar surface area (TPSA) is 0 Å². The molecular formula is C36H48Cl2P2Zr. The Kier molecular flexibility index (Phi) is 13.8. The van der Waals surface area contributed by atoms with Crippen molar-refractivity contribution in [3.63, 3.8) is 0 Å². The van der Waals surface area contributed by atoms with Gasteiger partial charge in [-0.25, -0.2) is 0 Å². The average molecular weight is 705 g/mol. The van der Waals surface area contributed by atoms with Crippen molar-refractivity contribution >= 4 is 28.0 Å². The zero-order valence-electron chi connectivity index (χ0n) is 25.1. The Labute approximate surface area is 277 Å². The first-order valence-electron chi connectivity index (χ1n) is 16.2. The molecule has 0 amide bonds. The first-order chi connectivity index (χ1) is 19.3. The third kappa shape index (κ3) is 7.56. The summed E-state index contributed by atoms with van der Waals surface area (Å²) in [4.78, 5) is 0. The molecule has 4 aliphatic carbocycles. The number of hydrogen-bond donors (Lipinski definition) is 0. The van der Waals surface area contributed by atoms with Crippen molar-refractivity contribution in [1.82, 2.24) is 0 Å². The van der Waals surface area contributed by atoms with Crippen LogP contribution in [0.4, 0.5) is 0 Å². The largest absolute Gasteiger partial charge is 1.00 e. The standard InChI is InChI=1S/C21H28P.C15H20P.2ClH.Zr/c1-3-11-19(12-4-1)22(20-13-5-2-6-14-20)21-15-17-9-7-8-10-18(17)16-21;1-3-9-16(10-4-2)15-11-13-7-5-6-8-14(13)12-15;;;/h7-10,15-16,19-20H,1-6,11-14H2;5-8,11-12H,3-4,9-10H2,1-2H3;2*1H;/q;;;;+2/p-2. The van der Waals surface area contributed by atoms with Gasteiger partial charge in [0.25, 0.3) is 0 Å². The first-order valence-corrected chi connectivity index (χ1v) is 22.2. The van der Waals surface area contributed by atoms with Gasteiger partial charge in [-0.15, -0.1) is 0 Å². The van der Waals surface area contributed by atoms with Gasteiger partial charge >= 0.3 is 254 Å². The van der Waals surface area contributed by atoms with Gasteiger partial charge in [-0.3, -0.25) is 0 Å². The minimum Gasteiger partial charge on any atom is -1.00 e. The zero-order chi connectivity index (χ0) is 26.6. The van der Waals surface area contributed by atoms with E-state index in [9.17, 15) is 0 Å². The predicted molar refractivity (Wildman–Crippen MR) is 172 cm³/mol. The van der Waals surface area contributed by atoms with Crippen molar-refractivity contribution in [1.29, 1.82) is 0 Å². The van der Waals surface area contributed by atoms with Crippen molar-refractivity contribution in [2.45, 2.75) is 109 Å². The number of benzene rings is 2. The summed E-state index contributed by atoms with van der Waals surface area (Å²) in [5.41, 5.74) is 8.61. The van der Waals surface area contributed by atoms with Gasteiger partial charge in [0.05, 0.1) is 0 Å². The summed E-state index contributed by atoms with van der Waals surface area (Å²) in [6, 6.07) is 19.2. The number of rotatable bonds is 10. The van der Waals surface area contributed by atoms with Crippen LogP contribution in [0.5, 0.6) is 0 Å². The van der Waals surface area contributed by atoms with Crippen LogP contribution in [0, 0.1) is 0 Å². The Balaban J connectivity index is 0.00000194. The maximum Gasteiger partial charge on any atom is -1.00 e. The van der Waals surface area contributed by atoms with Crippen LogP contribution >= 0.6 is 15.8 Å². The Hall–Kier alpha value is 0.243. The zero-order valence-corrected chi connectivity index (χ0v) is 30.9. The molecule has 0 saturated heterocycles. The molecule has 5 heteroatoms. The molecule has 4 aliphatic rings. The molecule has 2 fully saturated rings. The van der Waals surface area contributed by atoms with Crippen molar-refractivity contribution in [3.05, 3.63) is 81.4 Å². The van der Waals surface area contributed by atoms with E-state index in [1.54, 1.807) is 22.3 Å². The molecule has 0 spiro atoms. The van der Waals surface area contributed by atoms with Crippen LogP contribution in [0.3, 0.4) is 0 Å². The normalized spacial score (nSPS) is 22.3. The van der Waals surface area contributed by atoms with E-state index >= 15 is 0 Å². The van der Waals surface area contributed by atoms with Crippen LogP contribution in [0.25, 0.3) is 12.2 Å². The fourth-order valence-corrected chi connectivity index (χ4v) is 22.2. The van der Waals surface area contributed by atoms with E-state index in [1.165, 1.54) is 89.4 Å². The maximum absolute atomic E-state index is 2.79. The number of allylic oxidation sites excluding steroid dienone is 2. The summed E-state index contributed by atoms with van der Waals surface area (Å²) in [5.74, 6) is 0. The third-order valence-electron chi connectivity index (χ3n) is 9.73. The van der Waals surface area contributed by atoms with E-state index in [-0.39, 0.29) is 40.7 Å². The van der Waals surface area contributed by atoms with Gasteiger partial charge in [0.1, 0.15) is 0 Å². The summed E-state index contributed by atoms with van der Waals surface area (Å²) < 4.78 is 1.57. The van der Waals surface area contributed by atoms with Crippen LogP contribution < -0.4 is 24.8 Å². The second-order valence-corrected chi connectivity index (χ2v) is 21.3. The molecule has 0 aromatic heterocycles. The second kappa shape index (κ2) is 16.5. The van der Waals surface area contributed by atoms with E-state index in [0.717, 1.165) is 18.6 Å². The van der Waals surface area contributed by atoms with Gasteiger partial charge in [0, 0.05) is 0 Å². The molecular weight excluding hydrogens is 656 g/mol. The fourth-order valence-electron chi connectivity index (χ4n) is 7.98.